The highest BCUT2D eigenvalue weighted by molar-refractivity contribution is 6.31. The third kappa shape index (κ3) is 20.9. The minimum Gasteiger partial charge on any atom is -0.464 e. The van der Waals surface area contributed by atoms with Crippen molar-refractivity contribution in [3.8, 4) is 57.8 Å². The van der Waals surface area contributed by atoms with E-state index in [1.165, 1.54) is 63.1 Å². The number of carbonyl (C=O) groups excluding carboxylic acids is 3. The molecule has 11 rings (SSSR count). The van der Waals surface area contributed by atoms with Crippen LogP contribution in [0, 0.1) is 5.82 Å². The SMILES string of the molecule is COC(=O)c1cc(Cl)ccn1.Cl.Clc1ccnc(-c2nnco2)c1.NNC(=O)c1cc(Cl)ccn1.Nc1cccc(Oc2ccnc(-c3nnco3)c2)c1.O=C(Cc1ccc(F)c(C(F)(F)F)c1)Nc1cccc(Oc2ccnc(-c3nnco3)c2)c1. The Labute approximate surface area is 509 Å². The van der Waals surface area contributed by atoms with Crippen LogP contribution in [0.15, 0.2) is 191 Å². The number of carbonyl (C=O) groups is 3. The molecular formula is C55H41Cl4F4N15O9. The van der Waals surface area contributed by atoms with Crippen molar-refractivity contribution >= 4 is 76.4 Å². The number of anilines is 2. The number of methoxy groups -OCH3 is 1. The second kappa shape index (κ2) is 32.5. The molecule has 2 amide bonds. The fourth-order valence-corrected chi connectivity index (χ4v) is 7.04. The number of alkyl halides is 3. The number of hydrazine groups is 1. The van der Waals surface area contributed by atoms with Crippen molar-refractivity contribution in [2.45, 2.75) is 12.6 Å². The zero-order valence-electron chi connectivity index (χ0n) is 44.3. The zero-order chi connectivity index (χ0) is 61.4. The molecule has 24 nitrogen and oxygen atoms in total. The maximum Gasteiger partial charge on any atom is 0.419 e. The Morgan fingerprint density at radius 3 is 1.53 bits per heavy atom. The van der Waals surface area contributed by atoms with Crippen LogP contribution >= 0.6 is 47.2 Å². The number of nitrogen functional groups attached to an aromatic ring is 2. The minimum atomic E-state index is -4.85. The predicted octanol–water partition coefficient (Wildman–Crippen LogP) is 11.8. The molecule has 0 saturated carbocycles. The minimum absolute atomic E-state index is 0. The maximum atomic E-state index is 13.4. The Balaban J connectivity index is 0.000000189. The lowest BCUT2D eigenvalue weighted by Gasteiger charge is -2.11. The molecule has 87 heavy (non-hydrogen) atoms. The lowest BCUT2D eigenvalue weighted by molar-refractivity contribution is -0.140. The number of rotatable bonds is 12. The zero-order valence-corrected chi connectivity index (χ0v) is 47.3. The first-order valence-corrected chi connectivity index (χ1v) is 25.2. The smallest absolute Gasteiger partial charge is 0.419 e. The van der Waals surface area contributed by atoms with Gasteiger partial charge in [0.2, 0.25) is 25.1 Å². The van der Waals surface area contributed by atoms with Crippen LogP contribution in [0.4, 0.5) is 28.9 Å². The van der Waals surface area contributed by atoms with Crippen LogP contribution in [-0.2, 0) is 22.1 Å². The van der Waals surface area contributed by atoms with Crippen LogP contribution in [-0.4, -0.2) is 80.4 Å². The van der Waals surface area contributed by atoms with E-state index in [0.29, 0.717) is 90.4 Å². The summed E-state index contributed by atoms with van der Waals surface area (Å²) < 4.78 is 83.0. The van der Waals surface area contributed by atoms with E-state index in [2.05, 4.69) is 65.6 Å². The summed E-state index contributed by atoms with van der Waals surface area (Å²) in [6.07, 6.45) is 6.04. The fourth-order valence-electron chi connectivity index (χ4n) is 6.56. The number of halogens is 8. The summed E-state index contributed by atoms with van der Waals surface area (Å²) in [5, 5.41) is 26.1. The fraction of sp³-hybridized carbons (Fsp3) is 0.0545. The van der Waals surface area contributed by atoms with Gasteiger partial charge in [-0.15, -0.1) is 43.0 Å². The Hall–Kier alpha value is -10.5. The van der Waals surface area contributed by atoms with Gasteiger partial charge >= 0.3 is 12.1 Å². The van der Waals surface area contributed by atoms with Gasteiger partial charge in [0.25, 0.3) is 23.6 Å². The number of benzene rings is 3. The number of hydrogen-bond donors (Lipinski definition) is 4. The quantitative estimate of drug-likeness (QED) is 0.0220. The summed E-state index contributed by atoms with van der Waals surface area (Å²) in [5.74, 6) is 4.99. The van der Waals surface area contributed by atoms with Crippen molar-refractivity contribution < 1.29 is 59.4 Å². The van der Waals surface area contributed by atoms with Crippen LogP contribution in [0.25, 0.3) is 34.8 Å². The molecule has 0 atom stereocenters. The molecule has 3 aromatic carbocycles. The highest BCUT2D eigenvalue weighted by Gasteiger charge is 2.34. The third-order valence-electron chi connectivity index (χ3n) is 10.3. The third-order valence-corrected chi connectivity index (χ3v) is 11.0. The Kier molecular flexibility index (Phi) is 24.5. The van der Waals surface area contributed by atoms with Gasteiger partial charge in [0.1, 0.15) is 57.3 Å². The van der Waals surface area contributed by atoms with Crippen molar-refractivity contribution in [2.24, 2.45) is 5.84 Å². The van der Waals surface area contributed by atoms with Crippen LogP contribution in [0.5, 0.6) is 23.0 Å². The van der Waals surface area contributed by atoms with Gasteiger partial charge in [-0.05, 0) is 90.5 Å². The molecule has 0 radical (unpaired) electrons. The van der Waals surface area contributed by atoms with Gasteiger partial charge in [0.05, 0.1) is 19.1 Å². The highest BCUT2D eigenvalue weighted by Crippen LogP contribution is 2.33. The largest absolute Gasteiger partial charge is 0.464 e. The van der Waals surface area contributed by atoms with E-state index < -0.39 is 35.3 Å². The van der Waals surface area contributed by atoms with E-state index in [-0.39, 0.29) is 41.7 Å². The van der Waals surface area contributed by atoms with Crippen LogP contribution in [0.3, 0.4) is 0 Å². The Bertz CT molecular complexity index is 3940. The molecule has 446 valence electrons. The van der Waals surface area contributed by atoms with E-state index in [0.717, 1.165) is 6.07 Å². The molecule has 0 unspecified atom stereocenters. The van der Waals surface area contributed by atoms with Crippen molar-refractivity contribution in [1.82, 2.24) is 60.9 Å². The summed E-state index contributed by atoms with van der Waals surface area (Å²) in [6, 6.07) is 32.1. The highest BCUT2D eigenvalue weighted by atomic mass is 35.5. The molecule has 32 heteroatoms. The van der Waals surface area contributed by atoms with Crippen molar-refractivity contribution in [2.75, 3.05) is 18.2 Å². The molecule has 0 aliphatic rings. The van der Waals surface area contributed by atoms with Gasteiger partial charge in [-0.25, -0.2) is 20.0 Å². The van der Waals surface area contributed by atoms with E-state index >= 15 is 0 Å². The van der Waals surface area contributed by atoms with Crippen molar-refractivity contribution in [3.05, 3.63) is 221 Å². The second-order valence-electron chi connectivity index (χ2n) is 16.4. The predicted molar refractivity (Wildman–Crippen MR) is 308 cm³/mol. The number of ether oxygens (including phenoxy) is 3. The van der Waals surface area contributed by atoms with Gasteiger partial charge in [0.15, 0.2) is 0 Å². The first-order valence-electron chi connectivity index (χ1n) is 24.1. The number of amides is 2. The van der Waals surface area contributed by atoms with Gasteiger partial charge in [0, 0.05) is 81.7 Å². The molecule has 11 aromatic rings. The second-order valence-corrected chi connectivity index (χ2v) is 17.7. The molecule has 0 aliphatic heterocycles. The summed E-state index contributed by atoms with van der Waals surface area (Å²) in [4.78, 5) is 53.7. The van der Waals surface area contributed by atoms with E-state index in [1.807, 2.05) is 17.6 Å². The average molecular weight is 1270 g/mol. The van der Waals surface area contributed by atoms with Gasteiger partial charge in [-0.2, -0.15) is 13.2 Å². The molecule has 6 N–H and O–H groups in total. The van der Waals surface area contributed by atoms with E-state index in [4.69, 9.17) is 69.1 Å². The van der Waals surface area contributed by atoms with Gasteiger partial charge in [-0.1, -0.05) is 53.0 Å². The normalized spacial score (nSPS) is 10.3. The first-order chi connectivity index (χ1) is 41.4. The molecule has 8 heterocycles. The molecule has 8 aromatic heterocycles. The molecule has 0 aliphatic carbocycles. The lowest BCUT2D eigenvalue weighted by Crippen LogP contribution is -2.30. The van der Waals surface area contributed by atoms with Crippen LogP contribution in [0.2, 0.25) is 15.1 Å². The summed E-state index contributed by atoms with van der Waals surface area (Å²) >= 11 is 16.9. The average Bonchev–Trinajstić information content (AvgIpc) is 3.67. The van der Waals surface area contributed by atoms with Crippen LogP contribution in [0.1, 0.15) is 32.1 Å². The summed E-state index contributed by atoms with van der Waals surface area (Å²) in [5.41, 5.74) is 9.24. The van der Waals surface area contributed by atoms with Crippen molar-refractivity contribution in [3.63, 3.8) is 0 Å². The molecule has 0 bridgehead atoms. The van der Waals surface area contributed by atoms with Gasteiger partial charge < -0.3 is 38.5 Å². The number of hydrogen-bond acceptors (Lipinski definition) is 22. The Morgan fingerprint density at radius 2 is 1.05 bits per heavy atom. The number of aromatic nitrogens is 11. The molecule has 0 fully saturated rings. The molecular weight excluding hydrogens is 1230 g/mol. The monoisotopic (exact) mass is 1270 g/mol. The number of nitrogens with two attached hydrogens (primary N) is 2. The first kappa shape index (κ1) is 65.6. The molecule has 0 spiro atoms. The topological polar surface area (TPSA) is 336 Å². The van der Waals surface area contributed by atoms with Crippen molar-refractivity contribution in [1.29, 1.82) is 0 Å². The Morgan fingerprint density at radius 1 is 0.575 bits per heavy atom. The number of nitrogens with one attached hydrogen (secondary N) is 2. The number of pyridine rings is 5. The standard InChI is InChI=1S/C22H14F4N4O3.C13H10N4O2.C7H4ClN3O.C7H6ClNO2.C6H6ClN3O.ClH/c23-18-5-4-13(8-17(18)22(24,25)26)9-20(31)29-14-2-1-3-15(10-14)33-16-6-7-27-19(11-16)21-30-28-12-32-21;14-9-2-1-3-10(6-9)19-11-4-5-15-12(7-11)13-17-16-8-18-13;8-5-1-2-9-6(3-5)7-11-10-4-12-7;1-11-7(10)6-4-5(8)2-3-9-6;7-4-1-2-9-5(3-4)6(11)10-8;/h1-8,10-12H,9H2,(H,29,31);1-8H,14H2;1-4H;2-4H,1H3;1-3H,8H2,(H,10,11);1H. The maximum absolute atomic E-state index is 13.4. The molecule has 0 saturated heterocycles. The van der Waals surface area contributed by atoms with Crippen LogP contribution < -0.4 is 31.8 Å². The summed E-state index contributed by atoms with van der Waals surface area (Å²) in [6.45, 7) is 0. The van der Waals surface area contributed by atoms with E-state index in [1.54, 1.807) is 91.3 Å². The summed E-state index contributed by atoms with van der Waals surface area (Å²) in [7, 11) is 1.30. The number of nitrogens with zero attached hydrogens (tertiary/aromatic N) is 11. The lowest BCUT2D eigenvalue weighted by atomic mass is 10.1. The van der Waals surface area contributed by atoms with Gasteiger partial charge in [-0.3, -0.25) is 35.0 Å². The number of esters is 1. The van der Waals surface area contributed by atoms with E-state index in [9.17, 15) is 31.9 Å².